The lowest BCUT2D eigenvalue weighted by atomic mass is 10.0. The van der Waals surface area contributed by atoms with Crippen molar-refractivity contribution in [3.05, 3.63) is 123 Å². The molecule has 0 aliphatic heterocycles. The van der Waals surface area contributed by atoms with Crippen LogP contribution in [0, 0.1) is 9.39 Å². The topological polar surface area (TPSA) is 72.8 Å². The van der Waals surface area contributed by atoms with Gasteiger partial charge in [-0.15, -0.1) is 0 Å². The van der Waals surface area contributed by atoms with Crippen molar-refractivity contribution in [3.63, 3.8) is 0 Å². The molecule has 0 aliphatic carbocycles. The Morgan fingerprint density at radius 1 is 1.00 bits per heavy atom. The van der Waals surface area contributed by atoms with Crippen molar-refractivity contribution < 1.29 is 18.7 Å². The molecule has 194 valence electrons. The number of hydrazone groups is 1. The second-order valence-electron chi connectivity index (χ2n) is 8.59. The van der Waals surface area contributed by atoms with Crippen LogP contribution in [0.15, 0.2) is 102 Å². The smallest absolute Gasteiger partial charge is 0.272 e. The van der Waals surface area contributed by atoms with Gasteiger partial charge in [0.25, 0.3) is 5.91 Å². The van der Waals surface area contributed by atoms with Gasteiger partial charge >= 0.3 is 0 Å². The van der Waals surface area contributed by atoms with Gasteiger partial charge in [0.1, 0.15) is 12.4 Å². The molecule has 0 saturated heterocycles. The summed E-state index contributed by atoms with van der Waals surface area (Å²) in [6.45, 7) is 0.193. The van der Waals surface area contributed by atoms with Crippen molar-refractivity contribution in [3.8, 4) is 22.8 Å². The molecule has 39 heavy (non-hydrogen) atoms. The van der Waals surface area contributed by atoms with Crippen LogP contribution in [0.1, 0.15) is 21.5 Å². The van der Waals surface area contributed by atoms with E-state index in [0.717, 1.165) is 20.0 Å². The number of hydrogen-bond acceptors (Lipinski definition) is 5. The number of amides is 1. The Labute approximate surface area is 238 Å². The largest absolute Gasteiger partial charge is 0.493 e. The monoisotopic (exact) mass is 631 g/mol. The summed E-state index contributed by atoms with van der Waals surface area (Å²) in [6.07, 6.45) is 1.54. The van der Waals surface area contributed by atoms with Gasteiger partial charge < -0.3 is 9.47 Å². The predicted octanol–water partition coefficient (Wildman–Crippen LogP) is 7.00. The van der Waals surface area contributed by atoms with E-state index in [1.165, 1.54) is 12.1 Å². The van der Waals surface area contributed by atoms with E-state index in [0.29, 0.717) is 33.9 Å². The molecule has 0 bridgehead atoms. The molecule has 1 heterocycles. The highest BCUT2D eigenvalue weighted by Gasteiger charge is 2.14. The van der Waals surface area contributed by atoms with Crippen molar-refractivity contribution in [2.24, 2.45) is 5.10 Å². The van der Waals surface area contributed by atoms with Crippen LogP contribution < -0.4 is 14.9 Å². The van der Waals surface area contributed by atoms with E-state index in [1.807, 2.05) is 60.7 Å². The number of nitrogens with one attached hydrogen (secondary N) is 1. The van der Waals surface area contributed by atoms with E-state index in [2.05, 4.69) is 33.1 Å². The second-order valence-corrected chi connectivity index (χ2v) is 9.75. The average molecular weight is 631 g/mol. The van der Waals surface area contributed by atoms with Gasteiger partial charge in [-0.3, -0.25) is 4.79 Å². The molecule has 1 aromatic heterocycles. The van der Waals surface area contributed by atoms with Gasteiger partial charge in [-0.1, -0.05) is 60.7 Å². The molecule has 0 atom stereocenters. The molecule has 4 aromatic carbocycles. The molecule has 8 heteroatoms. The molecule has 0 fully saturated rings. The summed E-state index contributed by atoms with van der Waals surface area (Å²) in [4.78, 5) is 17.9. The lowest BCUT2D eigenvalue weighted by Crippen LogP contribution is -2.18. The van der Waals surface area contributed by atoms with Crippen molar-refractivity contribution in [1.82, 2.24) is 10.4 Å². The highest BCUT2D eigenvalue weighted by molar-refractivity contribution is 14.1. The fraction of sp³-hybridized carbons (Fsp3) is 0.0645. The van der Waals surface area contributed by atoms with Crippen LogP contribution in [0.4, 0.5) is 4.39 Å². The number of rotatable bonds is 8. The number of nitrogens with zero attached hydrogens (tertiary/aromatic N) is 2. The number of carbonyl (C=O) groups excluding carboxylic acids is 1. The van der Waals surface area contributed by atoms with Gasteiger partial charge in [-0.2, -0.15) is 5.10 Å². The molecule has 6 nitrogen and oxygen atoms in total. The van der Waals surface area contributed by atoms with E-state index in [9.17, 15) is 9.18 Å². The number of benzene rings is 4. The van der Waals surface area contributed by atoms with Gasteiger partial charge in [-0.05, 0) is 70.1 Å². The van der Waals surface area contributed by atoms with E-state index in [1.54, 1.807) is 37.6 Å². The molecular formula is C31H23FIN3O3. The average Bonchev–Trinajstić information content (AvgIpc) is 2.96. The zero-order valence-corrected chi connectivity index (χ0v) is 23.1. The summed E-state index contributed by atoms with van der Waals surface area (Å²) in [5.74, 6) is 0.375. The lowest BCUT2D eigenvalue weighted by molar-refractivity contribution is 0.0956. The third-order valence-electron chi connectivity index (χ3n) is 5.93. The zero-order chi connectivity index (χ0) is 27.2. The summed E-state index contributed by atoms with van der Waals surface area (Å²) in [7, 11) is 1.54. The maximum atomic E-state index is 13.5. The summed E-state index contributed by atoms with van der Waals surface area (Å²) in [5.41, 5.74) is 6.87. The molecule has 0 aliphatic rings. The normalized spacial score (nSPS) is 11.1. The van der Waals surface area contributed by atoms with E-state index in [4.69, 9.17) is 14.5 Å². The first-order valence-electron chi connectivity index (χ1n) is 12.0. The number of fused-ring (bicyclic) bond motifs is 1. The number of hydrogen-bond donors (Lipinski definition) is 1. The second kappa shape index (κ2) is 12.0. The van der Waals surface area contributed by atoms with Gasteiger partial charge in [-0.25, -0.2) is 14.8 Å². The number of aromatic nitrogens is 1. The minimum atomic E-state index is -0.348. The predicted molar refractivity (Wildman–Crippen MR) is 159 cm³/mol. The van der Waals surface area contributed by atoms with E-state index < -0.39 is 0 Å². The molecule has 1 N–H and O–H groups in total. The number of pyridine rings is 1. The first kappa shape index (κ1) is 26.3. The fourth-order valence-corrected chi connectivity index (χ4v) is 4.86. The maximum absolute atomic E-state index is 13.5. The molecule has 0 radical (unpaired) electrons. The fourth-order valence-electron chi connectivity index (χ4n) is 4.08. The highest BCUT2D eigenvalue weighted by Crippen LogP contribution is 2.34. The van der Waals surface area contributed by atoms with Crippen LogP contribution in [0.3, 0.4) is 0 Å². The van der Waals surface area contributed by atoms with Crippen LogP contribution in [0.5, 0.6) is 11.5 Å². The molecule has 1 amide bonds. The van der Waals surface area contributed by atoms with Gasteiger partial charge in [0, 0.05) is 10.9 Å². The molecule has 5 rings (SSSR count). The summed E-state index contributed by atoms with van der Waals surface area (Å²) in [6, 6.07) is 28.9. The SMILES string of the molecule is COc1cc(/C=N/NC(=O)c2cc(-c3ccccc3)nc3ccccc23)cc(I)c1OCc1cccc(F)c1. The Kier molecular flexibility index (Phi) is 8.12. The lowest BCUT2D eigenvalue weighted by Gasteiger charge is -2.13. The van der Waals surface area contributed by atoms with Crippen LogP contribution in [0.2, 0.25) is 0 Å². The van der Waals surface area contributed by atoms with Crippen molar-refractivity contribution in [1.29, 1.82) is 0 Å². The third kappa shape index (κ3) is 6.23. The van der Waals surface area contributed by atoms with Gasteiger partial charge in [0.15, 0.2) is 11.5 Å². The summed E-state index contributed by atoms with van der Waals surface area (Å²) in [5, 5.41) is 4.93. The number of methoxy groups -OCH3 is 1. The standard InChI is InChI=1S/C31H23FIN3O3/c1-38-29-16-21(15-26(33)30(29)39-19-20-8-7-11-23(32)14-20)18-34-36-31(37)25-17-28(22-9-3-2-4-10-22)35-27-13-6-5-12-24(25)27/h2-18H,19H2,1H3,(H,36,37)/b34-18+. The summed E-state index contributed by atoms with van der Waals surface area (Å²) >= 11 is 2.14. The maximum Gasteiger partial charge on any atom is 0.272 e. The molecule has 0 unspecified atom stereocenters. The molecule has 0 spiro atoms. The Morgan fingerprint density at radius 2 is 1.79 bits per heavy atom. The van der Waals surface area contributed by atoms with Crippen molar-refractivity contribution in [2.45, 2.75) is 6.61 Å². The Balaban J connectivity index is 1.35. The highest BCUT2D eigenvalue weighted by atomic mass is 127. The first-order chi connectivity index (χ1) is 19.0. The molecule has 5 aromatic rings. The minimum Gasteiger partial charge on any atom is -0.493 e. The number of carbonyl (C=O) groups is 1. The molecule has 0 saturated carbocycles. The van der Waals surface area contributed by atoms with Crippen LogP contribution >= 0.6 is 22.6 Å². The first-order valence-corrected chi connectivity index (χ1v) is 13.1. The minimum absolute atomic E-state index is 0.193. The Morgan fingerprint density at radius 3 is 2.59 bits per heavy atom. The van der Waals surface area contributed by atoms with E-state index in [-0.39, 0.29) is 18.3 Å². The van der Waals surface area contributed by atoms with Crippen LogP contribution in [-0.2, 0) is 6.61 Å². The van der Waals surface area contributed by atoms with Gasteiger partial charge in [0.2, 0.25) is 0 Å². The molecular weight excluding hydrogens is 608 g/mol. The quantitative estimate of drug-likeness (QED) is 0.114. The van der Waals surface area contributed by atoms with Crippen LogP contribution in [0.25, 0.3) is 22.2 Å². The number of para-hydroxylation sites is 1. The number of halogens is 2. The van der Waals surface area contributed by atoms with Crippen molar-refractivity contribution in [2.75, 3.05) is 7.11 Å². The van der Waals surface area contributed by atoms with Crippen molar-refractivity contribution >= 4 is 45.6 Å². The van der Waals surface area contributed by atoms with E-state index >= 15 is 0 Å². The third-order valence-corrected chi connectivity index (χ3v) is 6.74. The Bertz CT molecular complexity index is 1680. The Hall–Kier alpha value is -4.31. The zero-order valence-electron chi connectivity index (χ0n) is 20.9. The summed E-state index contributed by atoms with van der Waals surface area (Å²) < 4.78 is 25.7. The van der Waals surface area contributed by atoms with Gasteiger partial charge in [0.05, 0.1) is 33.7 Å². The van der Waals surface area contributed by atoms with Crippen LogP contribution in [-0.4, -0.2) is 24.2 Å². The number of ether oxygens (including phenoxy) is 2.